The molecule has 0 heterocycles. The van der Waals surface area contributed by atoms with Gasteiger partial charge in [-0.1, -0.05) is 39.0 Å². The van der Waals surface area contributed by atoms with Crippen molar-refractivity contribution in [3.63, 3.8) is 0 Å². The minimum absolute atomic E-state index is 0.425. The molecular formula is C15H20O2. The highest BCUT2D eigenvalue weighted by Gasteiger charge is 2.10. The lowest BCUT2D eigenvalue weighted by atomic mass is 9.96. The number of hydrogen-bond acceptors (Lipinski definition) is 2. The molecule has 92 valence electrons. The molecule has 2 heteroatoms. The average molecular weight is 232 g/mol. The van der Waals surface area contributed by atoms with Crippen molar-refractivity contribution in [1.82, 2.24) is 0 Å². The maximum Gasteiger partial charge on any atom is 0.298 e. The van der Waals surface area contributed by atoms with Crippen LogP contribution in [0.3, 0.4) is 0 Å². The summed E-state index contributed by atoms with van der Waals surface area (Å²) in [4.78, 5) is 10.6. The molecule has 0 aromatic heterocycles. The third-order valence-corrected chi connectivity index (χ3v) is 2.92. The van der Waals surface area contributed by atoms with Gasteiger partial charge in [-0.25, -0.2) is 0 Å². The van der Waals surface area contributed by atoms with Crippen LogP contribution in [0.25, 0.3) is 5.57 Å². The van der Waals surface area contributed by atoms with Crippen molar-refractivity contribution in [2.24, 2.45) is 0 Å². The maximum absolute atomic E-state index is 10.6. The Bertz CT molecular complexity index is 417. The molecule has 1 aromatic rings. The summed E-state index contributed by atoms with van der Waals surface area (Å²) in [6, 6.07) is 6.08. The Hall–Kier alpha value is -1.57. The third-order valence-electron chi connectivity index (χ3n) is 2.92. The van der Waals surface area contributed by atoms with Crippen molar-refractivity contribution in [3.8, 4) is 5.75 Å². The summed E-state index contributed by atoms with van der Waals surface area (Å²) < 4.78 is 5.09. The molecule has 0 N–H and O–H groups in total. The van der Waals surface area contributed by atoms with Crippen molar-refractivity contribution in [1.29, 1.82) is 0 Å². The number of benzene rings is 1. The molecule has 0 saturated heterocycles. The lowest BCUT2D eigenvalue weighted by Gasteiger charge is -2.13. The smallest absolute Gasteiger partial charge is 0.298 e. The Morgan fingerprint density at radius 3 is 2.59 bits per heavy atom. The van der Waals surface area contributed by atoms with Crippen LogP contribution in [-0.4, -0.2) is 6.47 Å². The number of rotatable bonds is 5. The number of allylic oxidation sites excluding steroid dienone is 2. The predicted molar refractivity (Wildman–Crippen MR) is 71.2 cm³/mol. The minimum atomic E-state index is 0.425. The van der Waals surface area contributed by atoms with E-state index in [0.717, 1.165) is 12.0 Å². The largest absolute Gasteiger partial charge is 0.428 e. The van der Waals surface area contributed by atoms with Gasteiger partial charge in [0.05, 0.1) is 0 Å². The van der Waals surface area contributed by atoms with Crippen molar-refractivity contribution < 1.29 is 9.53 Å². The molecule has 0 aliphatic heterocycles. The van der Waals surface area contributed by atoms with Crippen LogP contribution >= 0.6 is 0 Å². The van der Waals surface area contributed by atoms with Crippen LogP contribution in [0.5, 0.6) is 5.75 Å². The molecule has 1 aromatic carbocycles. The minimum Gasteiger partial charge on any atom is -0.428 e. The van der Waals surface area contributed by atoms with Gasteiger partial charge < -0.3 is 4.74 Å². The van der Waals surface area contributed by atoms with E-state index in [-0.39, 0.29) is 0 Å². The van der Waals surface area contributed by atoms with Crippen molar-refractivity contribution in [2.75, 3.05) is 0 Å². The summed E-state index contributed by atoms with van der Waals surface area (Å²) in [6.07, 6.45) is 2.98. The zero-order chi connectivity index (χ0) is 12.8. The van der Waals surface area contributed by atoms with Crippen LogP contribution in [0.4, 0.5) is 0 Å². The molecule has 0 aliphatic carbocycles. The van der Waals surface area contributed by atoms with E-state index in [1.807, 2.05) is 19.1 Å². The zero-order valence-corrected chi connectivity index (χ0v) is 11.0. The van der Waals surface area contributed by atoms with Crippen LogP contribution in [0.2, 0.25) is 0 Å². The van der Waals surface area contributed by atoms with E-state index in [2.05, 4.69) is 32.9 Å². The van der Waals surface area contributed by atoms with Crippen LogP contribution in [0.15, 0.2) is 24.3 Å². The van der Waals surface area contributed by atoms with E-state index in [1.165, 1.54) is 11.1 Å². The molecule has 0 saturated carbocycles. The van der Waals surface area contributed by atoms with Gasteiger partial charge in [0.1, 0.15) is 5.75 Å². The summed E-state index contributed by atoms with van der Waals surface area (Å²) in [5.74, 6) is 1.08. The van der Waals surface area contributed by atoms with E-state index in [4.69, 9.17) is 4.74 Å². The Morgan fingerprint density at radius 1 is 1.41 bits per heavy atom. The Balaban J connectivity index is 3.25. The van der Waals surface area contributed by atoms with E-state index >= 15 is 0 Å². The van der Waals surface area contributed by atoms with Gasteiger partial charge in [-0.15, -0.1) is 0 Å². The summed E-state index contributed by atoms with van der Waals surface area (Å²) in [5.41, 5.74) is 3.38. The van der Waals surface area contributed by atoms with Crippen LogP contribution in [0, 0.1) is 0 Å². The highest BCUT2D eigenvalue weighted by molar-refractivity contribution is 5.72. The Kier molecular flexibility index (Phi) is 4.95. The monoisotopic (exact) mass is 232 g/mol. The molecule has 2 nitrogen and oxygen atoms in total. The van der Waals surface area contributed by atoms with Crippen LogP contribution < -0.4 is 4.74 Å². The first-order chi connectivity index (χ1) is 8.13. The first-order valence-electron chi connectivity index (χ1n) is 6.03. The van der Waals surface area contributed by atoms with E-state index in [1.54, 1.807) is 0 Å². The van der Waals surface area contributed by atoms with Crippen molar-refractivity contribution in [3.05, 3.63) is 35.4 Å². The topological polar surface area (TPSA) is 26.3 Å². The highest BCUT2D eigenvalue weighted by atomic mass is 16.5. The van der Waals surface area contributed by atoms with E-state index in [0.29, 0.717) is 18.1 Å². The molecule has 0 bridgehead atoms. The van der Waals surface area contributed by atoms with Gasteiger partial charge in [-0.2, -0.15) is 0 Å². The van der Waals surface area contributed by atoms with Gasteiger partial charge in [0.2, 0.25) is 0 Å². The van der Waals surface area contributed by atoms with Crippen molar-refractivity contribution in [2.45, 2.75) is 40.0 Å². The normalized spacial score (nSPS) is 11.7. The molecule has 0 atom stereocenters. The second kappa shape index (κ2) is 6.24. The zero-order valence-electron chi connectivity index (χ0n) is 11.0. The average Bonchev–Trinajstić information content (AvgIpc) is 2.32. The fraction of sp³-hybridized carbons (Fsp3) is 0.400. The summed E-state index contributed by atoms with van der Waals surface area (Å²) in [6.45, 7) is 8.83. The summed E-state index contributed by atoms with van der Waals surface area (Å²) in [5, 5.41) is 0. The van der Waals surface area contributed by atoms with Crippen LogP contribution in [0.1, 0.15) is 51.2 Å². The second-order valence-corrected chi connectivity index (χ2v) is 4.29. The fourth-order valence-corrected chi connectivity index (χ4v) is 1.86. The summed E-state index contributed by atoms with van der Waals surface area (Å²) >= 11 is 0. The Morgan fingerprint density at radius 2 is 2.12 bits per heavy atom. The molecular weight excluding hydrogens is 212 g/mol. The summed E-state index contributed by atoms with van der Waals surface area (Å²) in [7, 11) is 0. The molecule has 0 aliphatic rings. The maximum atomic E-state index is 10.6. The number of carbonyl (C=O) groups is 1. The van der Waals surface area contributed by atoms with E-state index < -0.39 is 0 Å². The predicted octanol–water partition coefficient (Wildman–Crippen LogP) is 4.16. The van der Waals surface area contributed by atoms with Gasteiger partial charge in [0.25, 0.3) is 6.47 Å². The lowest BCUT2D eigenvalue weighted by molar-refractivity contribution is -0.120. The first kappa shape index (κ1) is 13.5. The molecule has 1 rings (SSSR count). The quantitative estimate of drug-likeness (QED) is 0.712. The number of carbonyl (C=O) groups excluding carboxylic acids is 1. The highest BCUT2D eigenvalue weighted by Crippen LogP contribution is 2.31. The molecule has 0 unspecified atom stereocenters. The molecule has 0 amide bonds. The van der Waals surface area contributed by atoms with E-state index in [9.17, 15) is 4.79 Å². The van der Waals surface area contributed by atoms with Crippen molar-refractivity contribution >= 4 is 12.0 Å². The number of hydrogen-bond donors (Lipinski definition) is 0. The Labute approximate surface area is 103 Å². The second-order valence-electron chi connectivity index (χ2n) is 4.29. The lowest BCUT2D eigenvalue weighted by Crippen LogP contribution is -1.97. The van der Waals surface area contributed by atoms with Gasteiger partial charge >= 0.3 is 0 Å². The van der Waals surface area contributed by atoms with Gasteiger partial charge in [0.15, 0.2) is 0 Å². The molecule has 0 spiro atoms. The third kappa shape index (κ3) is 3.19. The van der Waals surface area contributed by atoms with Crippen LogP contribution in [-0.2, 0) is 4.79 Å². The molecule has 17 heavy (non-hydrogen) atoms. The fourth-order valence-electron chi connectivity index (χ4n) is 1.86. The van der Waals surface area contributed by atoms with Gasteiger partial charge in [0, 0.05) is 5.56 Å². The van der Waals surface area contributed by atoms with Gasteiger partial charge in [-0.05, 0) is 36.5 Å². The standard InChI is InChI=1S/C15H20O2/c1-5-12(6-2)14-8-7-13(11(3)4)9-15(14)17-10-16/h5,7-11H,6H2,1-4H3/b12-5-. The first-order valence-corrected chi connectivity index (χ1v) is 6.03. The SMILES string of the molecule is C/C=C(/CC)c1ccc(C(C)C)cc1OC=O. The molecule has 0 radical (unpaired) electrons. The molecule has 0 fully saturated rings. The van der Waals surface area contributed by atoms with Gasteiger partial charge in [-0.3, -0.25) is 4.79 Å². The number of ether oxygens (including phenoxy) is 1.